The summed E-state index contributed by atoms with van der Waals surface area (Å²) in [6, 6.07) is 17.3. The van der Waals surface area contributed by atoms with E-state index >= 15 is 0 Å². The Morgan fingerprint density at radius 3 is 2.61 bits per heavy atom. The van der Waals surface area contributed by atoms with Gasteiger partial charge in [0.15, 0.2) is 0 Å². The van der Waals surface area contributed by atoms with Gasteiger partial charge < -0.3 is 0 Å². The van der Waals surface area contributed by atoms with E-state index in [1.165, 1.54) is 12.1 Å². The van der Waals surface area contributed by atoms with Crippen molar-refractivity contribution in [3.8, 4) is 11.1 Å². The van der Waals surface area contributed by atoms with Crippen molar-refractivity contribution in [2.45, 2.75) is 0 Å². The van der Waals surface area contributed by atoms with Crippen molar-refractivity contribution in [2.24, 2.45) is 0 Å². The molecule has 0 amide bonds. The number of rotatable bonds is 1. The maximum atomic E-state index is 12.9. The van der Waals surface area contributed by atoms with Gasteiger partial charge in [-0.3, -0.25) is 9.37 Å². The van der Waals surface area contributed by atoms with E-state index in [-0.39, 0.29) is 26.9 Å². The molecule has 0 atom stereocenters. The second-order valence-electron chi connectivity index (χ2n) is 3.80. The number of aromatic nitrogens is 1. The number of nitrogens with zero attached hydrogens (tertiary/aromatic N) is 1. The summed E-state index contributed by atoms with van der Waals surface area (Å²) in [7, 11) is 0. The molecule has 0 saturated carbocycles. The topological polar surface area (TPSA) is 12.9 Å². The quantitative estimate of drug-likeness (QED) is 0.549. The molecule has 1 heterocycles. The van der Waals surface area contributed by atoms with Gasteiger partial charge in [-0.15, -0.1) is 29.8 Å². The fourth-order valence-electron chi connectivity index (χ4n) is 1.89. The molecule has 1 aromatic heterocycles. The molecule has 0 unspecified atom stereocenters. The molecule has 2 aromatic carbocycles. The Balaban J connectivity index is 0.00000120. The summed E-state index contributed by atoms with van der Waals surface area (Å²) in [5, 5.41) is 1.07. The molecular formula is C15H9FNPt-. The Labute approximate surface area is 119 Å². The Morgan fingerprint density at radius 1 is 1.00 bits per heavy atom. The van der Waals surface area contributed by atoms with Gasteiger partial charge in [-0.05, 0) is 11.5 Å². The van der Waals surface area contributed by atoms with E-state index in [2.05, 4.69) is 11.1 Å². The molecule has 0 radical (unpaired) electrons. The number of para-hydroxylation sites is 1. The maximum Gasteiger partial charge on any atom is 0.0379 e. The zero-order valence-electron chi connectivity index (χ0n) is 9.34. The fourth-order valence-corrected chi connectivity index (χ4v) is 1.89. The number of fused-ring (bicyclic) bond motifs is 1. The first-order chi connectivity index (χ1) is 8.34. The molecule has 3 aromatic rings. The summed E-state index contributed by atoms with van der Waals surface area (Å²) < 4.78 is 12.9. The summed E-state index contributed by atoms with van der Waals surface area (Å²) in [6.07, 6.45) is 1.76. The van der Waals surface area contributed by atoms with Crippen molar-refractivity contribution in [1.82, 2.24) is 4.98 Å². The third-order valence-electron chi connectivity index (χ3n) is 2.70. The van der Waals surface area contributed by atoms with Crippen LogP contribution >= 0.6 is 0 Å². The van der Waals surface area contributed by atoms with Crippen LogP contribution in [0.4, 0.5) is 4.39 Å². The van der Waals surface area contributed by atoms with Gasteiger partial charge in [0.1, 0.15) is 0 Å². The smallest absolute Gasteiger partial charge is 0.0379 e. The van der Waals surface area contributed by atoms with Gasteiger partial charge in [0.05, 0.1) is 0 Å². The number of pyridine rings is 1. The summed E-state index contributed by atoms with van der Waals surface area (Å²) in [6.45, 7) is 0. The normalized spacial score (nSPS) is 10.1. The SMILES string of the molecule is Fc1c[c-]c(-c2cccc3cccnc23)cc1.[Pt]. The maximum absolute atomic E-state index is 12.9. The van der Waals surface area contributed by atoms with E-state index in [0.717, 1.165) is 22.0 Å². The standard InChI is InChI=1S/C15H9FN.Pt/c16-13-8-6-11(7-9-13)14-5-1-3-12-4-2-10-17-15(12)14;/h1-6,8-10H;/q-1;. The Bertz CT molecular complexity index is 659. The van der Waals surface area contributed by atoms with E-state index in [1.54, 1.807) is 12.3 Å². The monoisotopic (exact) mass is 417 g/mol. The average molecular weight is 417 g/mol. The first-order valence-corrected chi connectivity index (χ1v) is 5.36. The first-order valence-electron chi connectivity index (χ1n) is 5.36. The van der Waals surface area contributed by atoms with E-state index in [4.69, 9.17) is 0 Å². The van der Waals surface area contributed by atoms with Crippen molar-refractivity contribution >= 4 is 10.9 Å². The molecule has 0 aliphatic carbocycles. The summed E-state index contributed by atoms with van der Waals surface area (Å²) >= 11 is 0. The van der Waals surface area contributed by atoms with Gasteiger partial charge in [0.25, 0.3) is 0 Å². The van der Waals surface area contributed by atoms with Crippen LogP contribution in [0.15, 0.2) is 54.7 Å². The van der Waals surface area contributed by atoms with Crippen LogP contribution in [0.3, 0.4) is 0 Å². The van der Waals surface area contributed by atoms with Crippen LogP contribution in [0.2, 0.25) is 0 Å². The summed E-state index contributed by atoms with van der Waals surface area (Å²) in [5.41, 5.74) is 2.75. The molecule has 0 bridgehead atoms. The van der Waals surface area contributed by atoms with Gasteiger partial charge in [-0.2, -0.15) is 0 Å². The van der Waals surface area contributed by atoms with Crippen LogP contribution in [0.25, 0.3) is 22.0 Å². The molecule has 18 heavy (non-hydrogen) atoms. The van der Waals surface area contributed by atoms with Gasteiger partial charge >= 0.3 is 0 Å². The second kappa shape index (κ2) is 5.41. The summed E-state index contributed by atoms with van der Waals surface area (Å²) in [5.74, 6) is -0.276. The van der Waals surface area contributed by atoms with Crippen molar-refractivity contribution in [2.75, 3.05) is 0 Å². The minimum Gasteiger partial charge on any atom is -0.266 e. The van der Waals surface area contributed by atoms with Crippen LogP contribution in [0.1, 0.15) is 0 Å². The van der Waals surface area contributed by atoms with Crippen LogP contribution in [-0.4, -0.2) is 4.98 Å². The molecule has 92 valence electrons. The molecule has 3 rings (SSSR count). The van der Waals surface area contributed by atoms with Crippen molar-refractivity contribution in [1.29, 1.82) is 0 Å². The molecular weight excluding hydrogens is 408 g/mol. The predicted octanol–water partition coefficient (Wildman–Crippen LogP) is 3.84. The number of benzene rings is 2. The van der Waals surface area contributed by atoms with Crippen molar-refractivity contribution in [3.05, 3.63) is 66.6 Å². The van der Waals surface area contributed by atoms with Gasteiger partial charge in [-0.1, -0.05) is 29.8 Å². The van der Waals surface area contributed by atoms with Crippen LogP contribution in [0, 0.1) is 11.9 Å². The number of hydrogen-bond donors (Lipinski definition) is 0. The second-order valence-corrected chi connectivity index (χ2v) is 3.80. The molecule has 0 N–H and O–H groups in total. The molecule has 0 saturated heterocycles. The third-order valence-corrected chi connectivity index (χ3v) is 2.70. The first kappa shape index (κ1) is 12.9. The molecule has 3 heteroatoms. The Hall–Kier alpha value is -1.53. The van der Waals surface area contributed by atoms with Crippen molar-refractivity contribution < 1.29 is 25.5 Å². The van der Waals surface area contributed by atoms with Gasteiger partial charge in [0, 0.05) is 38.6 Å². The van der Waals surface area contributed by atoms with E-state index in [0.29, 0.717) is 0 Å². The molecule has 0 aliphatic rings. The predicted molar refractivity (Wildman–Crippen MR) is 66.0 cm³/mol. The zero-order valence-corrected chi connectivity index (χ0v) is 11.6. The fraction of sp³-hybridized carbons (Fsp3) is 0. The summed E-state index contributed by atoms with van der Waals surface area (Å²) in [4.78, 5) is 4.37. The van der Waals surface area contributed by atoms with Crippen LogP contribution < -0.4 is 0 Å². The molecule has 0 fully saturated rings. The molecule has 0 aliphatic heterocycles. The zero-order chi connectivity index (χ0) is 11.7. The number of hydrogen-bond acceptors (Lipinski definition) is 1. The van der Waals surface area contributed by atoms with E-state index < -0.39 is 0 Å². The largest absolute Gasteiger partial charge is 0.266 e. The Morgan fingerprint density at radius 2 is 1.83 bits per heavy atom. The van der Waals surface area contributed by atoms with Crippen molar-refractivity contribution in [3.63, 3.8) is 0 Å². The van der Waals surface area contributed by atoms with Gasteiger partial charge in [0.2, 0.25) is 0 Å². The van der Waals surface area contributed by atoms with Crippen LogP contribution in [-0.2, 0) is 21.1 Å². The molecule has 1 nitrogen and oxygen atoms in total. The molecule has 0 spiro atoms. The third kappa shape index (κ3) is 2.34. The van der Waals surface area contributed by atoms with E-state index in [1.807, 2.05) is 30.3 Å². The number of halogens is 1. The minimum atomic E-state index is -0.276. The van der Waals surface area contributed by atoms with Crippen LogP contribution in [0.5, 0.6) is 0 Å². The minimum absolute atomic E-state index is 0. The average Bonchev–Trinajstić information content (AvgIpc) is 2.39. The Kier molecular flexibility index (Phi) is 3.88. The van der Waals surface area contributed by atoms with E-state index in [9.17, 15) is 4.39 Å². The van der Waals surface area contributed by atoms with Gasteiger partial charge in [-0.25, -0.2) is 0 Å².